The van der Waals surface area contributed by atoms with Crippen molar-refractivity contribution in [2.75, 3.05) is 13.2 Å². The molecule has 0 aliphatic carbocycles. The Hall–Kier alpha value is -2.25. The number of nitrogens with zero attached hydrogens (tertiary/aromatic N) is 3. The molecule has 1 unspecified atom stereocenters. The predicted molar refractivity (Wildman–Crippen MR) is 94.2 cm³/mol. The Balaban J connectivity index is 1.56. The molecule has 3 N–H and O–H groups in total. The van der Waals surface area contributed by atoms with E-state index >= 15 is 0 Å². The third-order valence-electron chi connectivity index (χ3n) is 4.58. The minimum absolute atomic E-state index is 0.116. The summed E-state index contributed by atoms with van der Waals surface area (Å²) in [7, 11) is 0. The van der Waals surface area contributed by atoms with Crippen LogP contribution in [0.15, 0.2) is 24.4 Å². The van der Waals surface area contributed by atoms with Gasteiger partial charge in [-0.1, -0.05) is 6.07 Å². The molecule has 7 nitrogen and oxygen atoms in total. The first-order valence-corrected chi connectivity index (χ1v) is 8.64. The lowest BCUT2D eigenvalue weighted by Crippen LogP contribution is -2.46. The maximum Gasteiger partial charge on any atom is 0.237 e. The summed E-state index contributed by atoms with van der Waals surface area (Å²) in [5, 5.41) is 7.32. The zero-order valence-corrected chi connectivity index (χ0v) is 14.7. The van der Waals surface area contributed by atoms with E-state index in [1.807, 2.05) is 32.0 Å². The number of aromatic nitrogens is 3. The number of carbonyl (C=O) groups is 1. The van der Waals surface area contributed by atoms with Gasteiger partial charge in [0.05, 0.1) is 11.7 Å². The summed E-state index contributed by atoms with van der Waals surface area (Å²) in [6.45, 7) is 5.73. The molecule has 25 heavy (non-hydrogen) atoms. The van der Waals surface area contributed by atoms with Crippen molar-refractivity contribution >= 4 is 5.91 Å². The van der Waals surface area contributed by atoms with E-state index in [1.165, 1.54) is 0 Å². The number of hydrogen-bond donors (Lipinski definition) is 2. The molecule has 0 saturated carbocycles. The molecule has 1 fully saturated rings. The van der Waals surface area contributed by atoms with Crippen molar-refractivity contribution in [1.29, 1.82) is 0 Å². The largest absolute Gasteiger partial charge is 0.381 e. The van der Waals surface area contributed by atoms with E-state index in [4.69, 9.17) is 10.5 Å². The fourth-order valence-corrected chi connectivity index (χ4v) is 3.10. The predicted octanol–water partition coefficient (Wildman–Crippen LogP) is 1.25. The van der Waals surface area contributed by atoms with Crippen LogP contribution >= 0.6 is 0 Å². The van der Waals surface area contributed by atoms with Crippen molar-refractivity contribution in [2.45, 2.75) is 39.3 Å². The molecular formula is C18H25N5O2. The topological polar surface area (TPSA) is 95.1 Å². The summed E-state index contributed by atoms with van der Waals surface area (Å²) in [4.78, 5) is 16.7. The van der Waals surface area contributed by atoms with E-state index in [9.17, 15) is 4.79 Å². The van der Waals surface area contributed by atoms with Crippen LogP contribution in [-0.4, -0.2) is 39.9 Å². The van der Waals surface area contributed by atoms with Gasteiger partial charge in [-0.2, -0.15) is 5.10 Å². The fraction of sp³-hybridized carbons (Fsp3) is 0.500. The Labute approximate surface area is 147 Å². The fourth-order valence-electron chi connectivity index (χ4n) is 3.10. The SMILES string of the molecule is Cc1cc(C)n(-c2ccc(CNC(=O)C(N)C3CCOCC3)cn2)n1. The highest BCUT2D eigenvalue weighted by atomic mass is 16.5. The van der Waals surface area contributed by atoms with Crippen molar-refractivity contribution in [3.8, 4) is 5.82 Å². The van der Waals surface area contributed by atoms with Gasteiger partial charge in [0.2, 0.25) is 5.91 Å². The van der Waals surface area contributed by atoms with Crippen LogP contribution in [0.1, 0.15) is 29.8 Å². The lowest BCUT2D eigenvalue weighted by atomic mass is 9.92. The van der Waals surface area contributed by atoms with Crippen LogP contribution in [0.3, 0.4) is 0 Å². The van der Waals surface area contributed by atoms with Gasteiger partial charge >= 0.3 is 0 Å². The number of ether oxygens (including phenoxy) is 1. The molecule has 1 aliphatic heterocycles. The number of nitrogens with two attached hydrogens (primary N) is 1. The van der Waals surface area contributed by atoms with E-state index in [-0.39, 0.29) is 11.8 Å². The van der Waals surface area contributed by atoms with Crippen molar-refractivity contribution in [2.24, 2.45) is 11.7 Å². The summed E-state index contributed by atoms with van der Waals surface area (Å²) >= 11 is 0. The van der Waals surface area contributed by atoms with Gasteiger partial charge < -0.3 is 15.8 Å². The van der Waals surface area contributed by atoms with Crippen molar-refractivity contribution in [1.82, 2.24) is 20.1 Å². The molecule has 0 bridgehead atoms. The van der Waals surface area contributed by atoms with Crippen molar-refractivity contribution in [3.63, 3.8) is 0 Å². The molecule has 1 saturated heterocycles. The van der Waals surface area contributed by atoms with Gasteiger partial charge in [-0.3, -0.25) is 4.79 Å². The van der Waals surface area contributed by atoms with Crippen LogP contribution in [0.2, 0.25) is 0 Å². The van der Waals surface area contributed by atoms with Crippen LogP contribution in [0.5, 0.6) is 0 Å². The second-order valence-corrected chi connectivity index (χ2v) is 6.56. The Morgan fingerprint density at radius 2 is 2.16 bits per heavy atom. The number of nitrogens with one attached hydrogen (secondary N) is 1. The number of hydrogen-bond acceptors (Lipinski definition) is 5. The maximum absolute atomic E-state index is 12.2. The number of aryl methyl sites for hydroxylation is 2. The zero-order chi connectivity index (χ0) is 17.8. The molecule has 134 valence electrons. The van der Waals surface area contributed by atoms with Gasteiger partial charge in [-0.05, 0) is 50.3 Å². The molecule has 0 spiro atoms. The zero-order valence-electron chi connectivity index (χ0n) is 14.7. The van der Waals surface area contributed by atoms with Crippen LogP contribution in [0.25, 0.3) is 5.82 Å². The smallest absolute Gasteiger partial charge is 0.237 e. The van der Waals surface area contributed by atoms with E-state index in [2.05, 4.69) is 15.4 Å². The summed E-state index contributed by atoms with van der Waals surface area (Å²) in [6.07, 6.45) is 3.44. The standard InChI is InChI=1S/C18H25N5O2/c1-12-9-13(2)23(22-12)16-4-3-14(10-20-16)11-21-18(24)17(19)15-5-7-25-8-6-15/h3-4,9-10,15,17H,5-8,11,19H2,1-2H3,(H,21,24). The number of carbonyl (C=O) groups excluding carboxylic acids is 1. The third-order valence-corrected chi connectivity index (χ3v) is 4.58. The van der Waals surface area contributed by atoms with Gasteiger partial charge in [0.25, 0.3) is 0 Å². The second kappa shape index (κ2) is 7.76. The molecule has 2 aromatic rings. The minimum atomic E-state index is -0.481. The lowest BCUT2D eigenvalue weighted by Gasteiger charge is -2.26. The van der Waals surface area contributed by atoms with Gasteiger partial charge in [0, 0.05) is 31.6 Å². The van der Waals surface area contributed by atoms with Gasteiger partial charge in [-0.25, -0.2) is 9.67 Å². The summed E-state index contributed by atoms with van der Waals surface area (Å²) in [5.74, 6) is 0.842. The molecule has 1 amide bonds. The monoisotopic (exact) mass is 343 g/mol. The van der Waals surface area contributed by atoms with Gasteiger partial charge in [0.1, 0.15) is 0 Å². The second-order valence-electron chi connectivity index (χ2n) is 6.56. The normalized spacial score (nSPS) is 16.6. The van der Waals surface area contributed by atoms with Crippen LogP contribution in [0.4, 0.5) is 0 Å². The molecule has 0 aromatic carbocycles. The van der Waals surface area contributed by atoms with E-state index in [0.717, 1.165) is 35.6 Å². The van der Waals surface area contributed by atoms with Crippen molar-refractivity contribution in [3.05, 3.63) is 41.3 Å². The highest BCUT2D eigenvalue weighted by molar-refractivity contribution is 5.81. The lowest BCUT2D eigenvalue weighted by molar-refractivity contribution is -0.124. The first-order valence-electron chi connectivity index (χ1n) is 8.64. The summed E-state index contributed by atoms with van der Waals surface area (Å²) in [6, 6.07) is 5.37. The highest BCUT2D eigenvalue weighted by Gasteiger charge is 2.26. The third kappa shape index (κ3) is 4.24. The number of amides is 1. The summed E-state index contributed by atoms with van der Waals surface area (Å²) < 4.78 is 7.12. The van der Waals surface area contributed by atoms with E-state index in [1.54, 1.807) is 10.9 Å². The van der Waals surface area contributed by atoms with Gasteiger partial charge in [0.15, 0.2) is 5.82 Å². The molecule has 3 heterocycles. The minimum Gasteiger partial charge on any atom is -0.381 e. The van der Waals surface area contributed by atoms with E-state index < -0.39 is 6.04 Å². The Morgan fingerprint density at radius 1 is 1.40 bits per heavy atom. The van der Waals surface area contributed by atoms with Crippen LogP contribution in [-0.2, 0) is 16.1 Å². The first-order chi connectivity index (χ1) is 12.0. The Kier molecular flexibility index (Phi) is 5.45. The maximum atomic E-state index is 12.2. The van der Waals surface area contributed by atoms with Crippen LogP contribution < -0.4 is 11.1 Å². The first kappa shape index (κ1) is 17.6. The van der Waals surface area contributed by atoms with Crippen LogP contribution in [0, 0.1) is 19.8 Å². The average Bonchev–Trinajstić information content (AvgIpc) is 2.98. The highest BCUT2D eigenvalue weighted by Crippen LogP contribution is 2.17. The molecule has 1 aliphatic rings. The molecule has 3 rings (SSSR count). The quantitative estimate of drug-likeness (QED) is 0.852. The Morgan fingerprint density at radius 3 is 2.76 bits per heavy atom. The molecule has 7 heteroatoms. The molecule has 0 radical (unpaired) electrons. The van der Waals surface area contributed by atoms with Crippen molar-refractivity contribution < 1.29 is 9.53 Å². The number of pyridine rings is 1. The molecule has 2 aromatic heterocycles. The average molecular weight is 343 g/mol. The summed E-state index contributed by atoms with van der Waals surface area (Å²) in [5.41, 5.74) is 9.00. The molecule has 1 atom stereocenters. The van der Waals surface area contributed by atoms with E-state index in [0.29, 0.717) is 19.8 Å². The van der Waals surface area contributed by atoms with Gasteiger partial charge in [-0.15, -0.1) is 0 Å². The Bertz CT molecular complexity index is 720. The number of rotatable bonds is 5. The molecular weight excluding hydrogens is 318 g/mol.